The SMILES string of the molecule is CNC(C)(CC(C)N1CCS(=O)CC1)C(=O)O. The largest absolute Gasteiger partial charge is 0.480 e. The van der Waals surface area contributed by atoms with Crippen molar-refractivity contribution in [2.45, 2.75) is 31.8 Å². The van der Waals surface area contributed by atoms with E-state index in [1.54, 1.807) is 14.0 Å². The third kappa shape index (κ3) is 3.76. The molecule has 0 aromatic rings. The van der Waals surface area contributed by atoms with Crippen LogP contribution >= 0.6 is 0 Å². The molecule has 2 N–H and O–H groups in total. The van der Waals surface area contributed by atoms with Crippen molar-refractivity contribution in [2.75, 3.05) is 31.6 Å². The summed E-state index contributed by atoms with van der Waals surface area (Å²) in [7, 11) is 0.988. The molecule has 0 radical (unpaired) electrons. The number of nitrogens with zero attached hydrogens (tertiary/aromatic N) is 1. The molecule has 6 heteroatoms. The predicted octanol–water partition coefficient (Wildman–Crippen LogP) is -0.108. The van der Waals surface area contributed by atoms with E-state index in [-0.39, 0.29) is 6.04 Å². The highest BCUT2D eigenvalue weighted by Crippen LogP contribution is 2.17. The number of hydrogen-bond acceptors (Lipinski definition) is 4. The maximum absolute atomic E-state index is 11.3. The summed E-state index contributed by atoms with van der Waals surface area (Å²) in [4.78, 5) is 13.4. The molecule has 100 valence electrons. The Hall–Kier alpha value is -0.460. The molecule has 2 unspecified atom stereocenters. The Labute approximate surface area is 105 Å². The molecule has 1 aliphatic rings. The second kappa shape index (κ2) is 5.93. The summed E-state index contributed by atoms with van der Waals surface area (Å²) in [5.74, 6) is 0.578. The van der Waals surface area contributed by atoms with E-state index in [1.807, 2.05) is 6.92 Å². The van der Waals surface area contributed by atoms with Gasteiger partial charge in [-0.1, -0.05) is 0 Å². The summed E-state index contributed by atoms with van der Waals surface area (Å²) in [6, 6.07) is 0.181. The maximum atomic E-state index is 11.3. The number of rotatable bonds is 5. The first-order valence-corrected chi connectivity index (χ1v) is 7.39. The van der Waals surface area contributed by atoms with Gasteiger partial charge in [0.1, 0.15) is 5.54 Å². The van der Waals surface area contributed by atoms with E-state index < -0.39 is 22.3 Å². The normalized spacial score (nSPS) is 24.2. The Kier molecular flexibility index (Phi) is 5.09. The van der Waals surface area contributed by atoms with Crippen molar-refractivity contribution in [1.82, 2.24) is 10.2 Å². The highest BCUT2D eigenvalue weighted by molar-refractivity contribution is 7.85. The zero-order valence-corrected chi connectivity index (χ0v) is 11.5. The predicted molar refractivity (Wildman–Crippen MR) is 68.6 cm³/mol. The fraction of sp³-hybridized carbons (Fsp3) is 0.909. The van der Waals surface area contributed by atoms with E-state index >= 15 is 0 Å². The third-order valence-corrected chi connectivity index (χ3v) is 4.84. The first-order chi connectivity index (χ1) is 7.89. The van der Waals surface area contributed by atoms with Gasteiger partial charge in [-0.2, -0.15) is 0 Å². The van der Waals surface area contributed by atoms with Gasteiger partial charge in [0.05, 0.1) is 0 Å². The molecule has 1 fully saturated rings. The maximum Gasteiger partial charge on any atom is 0.323 e. The lowest BCUT2D eigenvalue weighted by Gasteiger charge is -2.36. The number of carboxylic acid groups (broad SMARTS) is 1. The quantitative estimate of drug-likeness (QED) is 0.723. The van der Waals surface area contributed by atoms with Crippen molar-refractivity contribution in [1.29, 1.82) is 0 Å². The van der Waals surface area contributed by atoms with Crippen LogP contribution < -0.4 is 5.32 Å². The van der Waals surface area contributed by atoms with Crippen molar-refractivity contribution < 1.29 is 14.1 Å². The smallest absolute Gasteiger partial charge is 0.323 e. The van der Waals surface area contributed by atoms with Gasteiger partial charge in [-0.25, -0.2) is 0 Å². The van der Waals surface area contributed by atoms with Crippen LogP contribution in [0.25, 0.3) is 0 Å². The van der Waals surface area contributed by atoms with E-state index in [0.29, 0.717) is 17.9 Å². The Morgan fingerprint density at radius 2 is 2.06 bits per heavy atom. The second-order valence-corrected chi connectivity index (χ2v) is 6.52. The molecule has 0 spiro atoms. The Bertz CT molecular complexity index is 301. The van der Waals surface area contributed by atoms with Crippen LogP contribution in [-0.2, 0) is 15.6 Å². The van der Waals surface area contributed by atoms with Gasteiger partial charge in [-0.05, 0) is 27.3 Å². The third-order valence-electron chi connectivity index (χ3n) is 3.56. The van der Waals surface area contributed by atoms with Crippen molar-refractivity contribution >= 4 is 16.8 Å². The van der Waals surface area contributed by atoms with E-state index in [9.17, 15) is 14.1 Å². The Morgan fingerprint density at radius 3 is 2.47 bits per heavy atom. The van der Waals surface area contributed by atoms with Gasteiger partial charge in [0.25, 0.3) is 0 Å². The molecule has 0 saturated carbocycles. The van der Waals surface area contributed by atoms with Crippen LogP contribution in [0.3, 0.4) is 0 Å². The summed E-state index contributed by atoms with van der Waals surface area (Å²) < 4.78 is 11.3. The van der Waals surface area contributed by atoms with Crippen LogP contribution in [0.1, 0.15) is 20.3 Å². The molecule has 0 aliphatic carbocycles. The topological polar surface area (TPSA) is 69.6 Å². The zero-order chi connectivity index (χ0) is 13.1. The number of nitrogens with one attached hydrogen (secondary N) is 1. The van der Waals surface area contributed by atoms with Gasteiger partial charge >= 0.3 is 5.97 Å². The van der Waals surface area contributed by atoms with Gasteiger partial charge in [0.15, 0.2) is 0 Å². The summed E-state index contributed by atoms with van der Waals surface area (Å²) in [5, 5.41) is 12.1. The summed E-state index contributed by atoms with van der Waals surface area (Å²) in [6.45, 7) is 5.33. The molecule has 0 aromatic carbocycles. The molecule has 0 aromatic heterocycles. The van der Waals surface area contributed by atoms with Crippen molar-refractivity contribution in [2.24, 2.45) is 0 Å². The number of carboxylic acids is 1. The van der Waals surface area contributed by atoms with Crippen LogP contribution in [0.4, 0.5) is 0 Å². The lowest BCUT2D eigenvalue weighted by atomic mass is 9.93. The molecule has 1 saturated heterocycles. The van der Waals surface area contributed by atoms with Crippen LogP contribution in [0.15, 0.2) is 0 Å². The molecule has 0 amide bonds. The molecule has 1 aliphatic heterocycles. The van der Waals surface area contributed by atoms with Crippen molar-refractivity contribution in [3.63, 3.8) is 0 Å². The first kappa shape index (κ1) is 14.6. The summed E-state index contributed by atoms with van der Waals surface area (Å²) >= 11 is 0. The van der Waals surface area contributed by atoms with Gasteiger partial charge in [0.2, 0.25) is 0 Å². The van der Waals surface area contributed by atoms with Crippen molar-refractivity contribution in [3.05, 3.63) is 0 Å². The monoisotopic (exact) mass is 262 g/mol. The molecule has 1 heterocycles. The second-order valence-electron chi connectivity index (χ2n) is 4.82. The van der Waals surface area contributed by atoms with E-state index in [4.69, 9.17) is 0 Å². The molecular weight excluding hydrogens is 240 g/mol. The summed E-state index contributed by atoms with van der Waals surface area (Å²) in [6.07, 6.45) is 0.547. The fourth-order valence-electron chi connectivity index (χ4n) is 2.11. The van der Waals surface area contributed by atoms with Crippen LogP contribution in [0.5, 0.6) is 0 Å². The molecular formula is C11H22N2O3S. The number of hydrogen-bond donors (Lipinski definition) is 2. The number of carbonyl (C=O) groups is 1. The fourth-order valence-corrected chi connectivity index (χ4v) is 3.19. The highest BCUT2D eigenvalue weighted by atomic mass is 32.2. The molecule has 2 atom stereocenters. The number of aliphatic carboxylic acids is 1. The standard InChI is InChI=1S/C11H22N2O3S/c1-9(8-11(2,12-3)10(14)15)13-4-6-17(16)7-5-13/h9,12H,4-8H2,1-3H3,(H,14,15). The average molecular weight is 262 g/mol. The number of likely N-dealkylation sites (N-methyl/N-ethyl adjacent to an activating group) is 1. The first-order valence-electron chi connectivity index (χ1n) is 5.90. The molecule has 5 nitrogen and oxygen atoms in total. The van der Waals surface area contributed by atoms with E-state index in [2.05, 4.69) is 10.2 Å². The molecule has 1 rings (SSSR count). The Morgan fingerprint density at radius 1 is 1.53 bits per heavy atom. The summed E-state index contributed by atoms with van der Waals surface area (Å²) in [5.41, 5.74) is -0.893. The lowest BCUT2D eigenvalue weighted by Crippen LogP contribution is -2.53. The minimum absolute atomic E-state index is 0.181. The average Bonchev–Trinajstić information content (AvgIpc) is 2.29. The lowest BCUT2D eigenvalue weighted by molar-refractivity contribution is -0.144. The van der Waals surface area contributed by atoms with Crippen molar-refractivity contribution in [3.8, 4) is 0 Å². The highest BCUT2D eigenvalue weighted by Gasteiger charge is 2.35. The molecule has 17 heavy (non-hydrogen) atoms. The minimum atomic E-state index is -0.893. The Balaban J connectivity index is 2.56. The van der Waals surface area contributed by atoms with Gasteiger partial charge in [-0.3, -0.25) is 13.9 Å². The molecule has 0 bridgehead atoms. The van der Waals surface area contributed by atoms with E-state index in [1.165, 1.54) is 0 Å². The van der Waals surface area contributed by atoms with Crippen LogP contribution in [-0.4, -0.2) is 63.4 Å². The van der Waals surface area contributed by atoms with E-state index in [0.717, 1.165) is 13.1 Å². The van der Waals surface area contributed by atoms with Gasteiger partial charge in [-0.15, -0.1) is 0 Å². The minimum Gasteiger partial charge on any atom is -0.480 e. The van der Waals surface area contributed by atoms with Gasteiger partial charge < -0.3 is 10.4 Å². The zero-order valence-electron chi connectivity index (χ0n) is 10.7. The van der Waals surface area contributed by atoms with Crippen LogP contribution in [0.2, 0.25) is 0 Å². The van der Waals surface area contributed by atoms with Crippen LogP contribution in [0, 0.1) is 0 Å². The van der Waals surface area contributed by atoms with Gasteiger partial charge in [0, 0.05) is 41.4 Å².